The highest BCUT2D eigenvalue weighted by molar-refractivity contribution is 7.87. The summed E-state index contributed by atoms with van der Waals surface area (Å²) in [6.07, 6.45) is 1.35. The number of aryl methyl sites for hydroxylation is 1. The monoisotopic (exact) mass is 498 g/mol. The Morgan fingerprint density at radius 3 is 2.39 bits per heavy atom. The summed E-state index contributed by atoms with van der Waals surface area (Å²) in [5.41, 5.74) is 1.70. The average molecular weight is 499 g/mol. The molecule has 0 aromatic heterocycles. The first-order valence-corrected chi connectivity index (χ1v) is 12.3. The summed E-state index contributed by atoms with van der Waals surface area (Å²) in [7, 11) is -2.75. The number of rotatable bonds is 7. The van der Waals surface area contributed by atoms with Gasteiger partial charge in [0.1, 0.15) is 16.5 Å². The third kappa shape index (κ3) is 5.37. The van der Waals surface area contributed by atoms with Gasteiger partial charge in [-0.2, -0.15) is 13.7 Å². The predicted octanol–water partition coefficient (Wildman–Crippen LogP) is 5.47. The number of nitrogens with zero attached hydrogens (tertiary/aromatic N) is 1. The zero-order valence-electron chi connectivity index (χ0n) is 19.6. The quantitative estimate of drug-likeness (QED) is 0.206. The molecule has 0 bridgehead atoms. The smallest absolute Gasteiger partial charge is 0.339 e. The Kier molecular flexibility index (Phi) is 7.04. The molecule has 0 radical (unpaired) electrons. The lowest BCUT2D eigenvalue weighted by Crippen LogP contribution is -2.13. The van der Waals surface area contributed by atoms with E-state index in [1.165, 1.54) is 37.5 Å². The SMILES string of the molecule is COc1ccc(/C=C(\C#N)C(=O)Nc2cccc3ccccc23)cc1OS(=O)(=O)c1ccc(C)cc1. The number of nitriles is 1. The fourth-order valence-electron chi connectivity index (χ4n) is 3.56. The standard InChI is InChI=1S/C28H22N2O5S/c1-19-10-13-23(14-11-19)36(32,33)35-27-17-20(12-15-26(27)34-2)16-22(18-29)28(31)30-25-9-5-7-21-6-3-4-8-24(21)25/h3-17H,1-2H3,(H,30,31)/b22-16+. The number of hydrogen-bond donors (Lipinski definition) is 1. The number of benzene rings is 4. The van der Waals surface area contributed by atoms with Gasteiger partial charge in [0.05, 0.1) is 7.11 Å². The molecule has 7 nitrogen and oxygen atoms in total. The van der Waals surface area contributed by atoms with Crippen LogP contribution < -0.4 is 14.2 Å². The van der Waals surface area contributed by atoms with Crippen LogP contribution in [0.1, 0.15) is 11.1 Å². The summed E-state index contributed by atoms with van der Waals surface area (Å²) in [4.78, 5) is 12.9. The first-order chi connectivity index (χ1) is 17.3. The fraction of sp³-hybridized carbons (Fsp3) is 0.0714. The average Bonchev–Trinajstić information content (AvgIpc) is 2.87. The Bertz CT molecular complexity index is 1610. The van der Waals surface area contributed by atoms with Crippen molar-refractivity contribution in [1.82, 2.24) is 0 Å². The van der Waals surface area contributed by atoms with Crippen molar-refractivity contribution in [2.24, 2.45) is 0 Å². The molecule has 0 atom stereocenters. The lowest BCUT2D eigenvalue weighted by molar-refractivity contribution is -0.112. The first kappa shape index (κ1) is 24.5. The molecule has 0 spiro atoms. The van der Waals surface area contributed by atoms with Gasteiger partial charge >= 0.3 is 10.1 Å². The van der Waals surface area contributed by atoms with E-state index in [9.17, 15) is 18.5 Å². The third-order valence-electron chi connectivity index (χ3n) is 5.41. The zero-order valence-corrected chi connectivity index (χ0v) is 20.4. The number of anilines is 1. The molecule has 4 aromatic carbocycles. The maximum atomic E-state index is 12.9. The molecule has 4 aromatic rings. The van der Waals surface area contributed by atoms with Crippen LogP contribution in [0.4, 0.5) is 5.69 Å². The summed E-state index contributed by atoms with van der Waals surface area (Å²) in [5.74, 6) is -0.487. The minimum Gasteiger partial charge on any atom is -0.493 e. The molecule has 1 amide bonds. The summed E-state index contributed by atoms with van der Waals surface area (Å²) < 4.78 is 36.1. The molecule has 0 aliphatic carbocycles. The molecular weight excluding hydrogens is 476 g/mol. The Balaban J connectivity index is 1.63. The molecule has 0 fully saturated rings. The van der Waals surface area contributed by atoms with Crippen LogP contribution in [0.25, 0.3) is 16.8 Å². The van der Waals surface area contributed by atoms with Gasteiger partial charge in [-0.1, -0.05) is 60.2 Å². The summed E-state index contributed by atoms with van der Waals surface area (Å²) in [5, 5.41) is 14.2. The second-order valence-corrected chi connectivity index (χ2v) is 9.46. The molecule has 8 heteroatoms. The van der Waals surface area contributed by atoms with Crippen LogP contribution in [0.5, 0.6) is 11.5 Å². The highest BCUT2D eigenvalue weighted by Gasteiger charge is 2.20. The molecule has 0 aliphatic rings. The van der Waals surface area contributed by atoms with Crippen molar-refractivity contribution in [3.05, 3.63) is 102 Å². The number of fused-ring (bicyclic) bond motifs is 1. The largest absolute Gasteiger partial charge is 0.493 e. The highest BCUT2D eigenvalue weighted by atomic mass is 32.2. The van der Waals surface area contributed by atoms with Gasteiger partial charge in [0, 0.05) is 11.1 Å². The van der Waals surface area contributed by atoms with E-state index < -0.39 is 16.0 Å². The Morgan fingerprint density at radius 2 is 1.67 bits per heavy atom. The molecule has 0 saturated carbocycles. The second kappa shape index (κ2) is 10.3. The maximum Gasteiger partial charge on any atom is 0.339 e. The van der Waals surface area contributed by atoms with Crippen LogP contribution in [0.15, 0.2) is 95.4 Å². The van der Waals surface area contributed by atoms with E-state index in [1.807, 2.05) is 49.4 Å². The molecule has 0 unspecified atom stereocenters. The van der Waals surface area contributed by atoms with Crippen molar-refractivity contribution < 1.29 is 22.1 Å². The lowest BCUT2D eigenvalue weighted by Gasteiger charge is -2.12. The molecule has 0 aliphatic heterocycles. The maximum absolute atomic E-state index is 12.9. The second-order valence-electron chi connectivity index (χ2n) is 7.91. The van der Waals surface area contributed by atoms with Crippen molar-refractivity contribution >= 4 is 38.6 Å². The number of carbonyl (C=O) groups is 1. The minimum atomic E-state index is -4.14. The van der Waals surface area contributed by atoms with E-state index in [1.54, 1.807) is 24.3 Å². The Morgan fingerprint density at radius 1 is 0.944 bits per heavy atom. The third-order valence-corrected chi connectivity index (χ3v) is 6.66. The van der Waals surface area contributed by atoms with Crippen molar-refractivity contribution in [2.75, 3.05) is 12.4 Å². The van der Waals surface area contributed by atoms with E-state index in [2.05, 4.69) is 5.32 Å². The number of ether oxygens (including phenoxy) is 1. The molecule has 4 rings (SSSR count). The molecule has 0 heterocycles. The van der Waals surface area contributed by atoms with E-state index in [0.717, 1.165) is 16.3 Å². The number of nitrogens with one attached hydrogen (secondary N) is 1. The number of amides is 1. The van der Waals surface area contributed by atoms with Crippen molar-refractivity contribution in [3.63, 3.8) is 0 Å². The van der Waals surface area contributed by atoms with Gasteiger partial charge in [-0.15, -0.1) is 0 Å². The van der Waals surface area contributed by atoms with Gasteiger partial charge in [-0.25, -0.2) is 0 Å². The van der Waals surface area contributed by atoms with E-state index in [0.29, 0.717) is 11.3 Å². The minimum absolute atomic E-state index is 0.0109. The molecule has 1 N–H and O–H groups in total. The topological polar surface area (TPSA) is 105 Å². The van der Waals surface area contributed by atoms with E-state index in [-0.39, 0.29) is 22.0 Å². The summed E-state index contributed by atoms with van der Waals surface area (Å²) >= 11 is 0. The van der Waals surface area contributed by atoms with Crippen LogP contribution >= 0.6 is 0 Å². The highest BCUT2D eigenvalue weighted by Crippen LogP contribution is 2.32. The Hall–Kier alpha value is -4.61. The van der Waals surface area contributed by atoms with Crippen LogP contribution in [0, 0.1) is 18.3 Å². The van der Waals surface area contributed by atoms with Gasteiger partial charge in [-0.3, -0.25) is 4.79 Å². The van der Waals surface area contributed by atoms with Crippen LogP contribution in [0.3, 0.4) is 0 Å². The molecular formula is C28H22N2O5S. The Labute approximate surface area is 209 Å². The lowest BCUT2D eigenvalue weighted by atomic mass is 10.1. The van der Waals surface area contributed by atoms with Gasteiger partial charge in [0.25, 0.3) is 5.91 Å². The van der Waals surface area contributed by atoms with E-state index >= 15 is 0 Å². The molecule has 36 heavy (non-hydrogen) atoms. The zero-order chi connectivity index (χ0) is 25.7. The van der Waals surface area contributed by atoms with E-state index in [4.69, 9.17) is 8.92 Å². The first-order valence-electron chi connectivity index (χ1n) is 10.9. The van der Waals surface area contributed by atoms with Gasteiger partial charge in [-0.05, 0) is 54.3 Å². The van der Waals surface area contributed by atoms with Crippen molar-refractivity contribution in [2.45, 2.75) is 11.8 Å². The van der Waals surface area contributed by atoms with Crippen LogP contribution in [-0.2, 0) is 14.9 Å². The predicted molar refractivity (Wildman–Crippen MR) is 138 cm³/mol. The summed E-state index contributed by atoms with van der Waals surface area (Å²) in [6.45, 7) is 1.85. The van der Waals surface area contributed by atoms with Crippen molar-refractivity contribution in [3.8, 4) is 17.6 Å². The molecule has 0 saturated heterocycles. The van der Waals surface area contributed by atoms with Crippen molar-refractivity contribution in [1.29, 1.82) is 5.26 Å². The molecule has 180 valence electrons. The number of carbonyl (C=O) groups excluding carboxylic acids is 1. The van der Waals surface area contributed by atoms with Gasteiger partial charge in [0.2, 0.25) is 0 Å². The van der Waals surface area contributed by atoms with Crippen LogP contribution in [-0.4, -0.2) is 21.4 Å². The van der Waals surface area contributed by atoms with Crippen LogP contribution in [0.2, 0.25) is 0 Å². The normalized spacial score (nSPS) is 11.5. The number of hydrogen-bond acceptors (Lipinski definition) is 6. The fourth-order valence-corrected chi connectivity index (χ4v) is 4.49. The van der Waals surface area contributed by atoms with Gasteiger partial charge < -0.3 is 14.2 Å². The summed E-state index contributed by atoms with van der Waals surface area (Å²) in [6, 6.07) is 25.7. The number of methoxy groups -OCH3 is 1. The van der Waals surface area contributed by atoms with Gasteiger partial charge in [0.15, 0.2) is 11.5 Å².